The van der Waals surface area contributed by atoms with Crippen LogP contribution in [0.4, 0.5) is 17.1 Å². The Morgan fingerprint density at radius 2 is 1.92 bits per heavy atom. The average Bonchev–Trinajstić information content (AvgIpc) is 2.53. The lowest BCUT2D eigenvalue weighted by Crippen LogP contribution is -2.25. The van der Waals surface area contributed by atoms with E-state index in [0.717, 1.165) is 10.6 Å². The molecule has 1 aromatic heterocycles. The first-order valence-corrected chi connectivity index (χ1v) is 8.73. The van der Waals surface area contributed by atoms with Gasteiger partial charge in [-0.3, -0.25) is 9.10 Å². The normalized spacial score (nSPS) is 11.0. The number of ether oxygens (including phenoxy) is 1. The van der Waals surface area contributed by atoms with Crippen LogP contribution in [0.15, 0.2) is 36.5 Å². The third-order valence-electron chi connectivity index (χ3n) is 3.37. The van der Waals surface area contributed by atoms with Crippen LogP contribution >= 0.6 is 0 Å². The van der Waals surface area contributed by atoms with E-state index < -0.39 is 15.9 Å². The van der Waals surface area contributed by atoms with Crippen molar-refractivity contribution in [3.05, 3.63) is 42.1 Å². The number of sulfonamides is 1. The Balaban J connectivity index is 2.53. The predicted molar refractivity (Wildman–Crippen MR) is 92.3 cm³/mol. The fourth-order valence-corrected chi connectivity index (χ4v) is 2.63. The lowest BCUT2D eigenvalue weighted by atomic mass is 10.2. The maximum absolute atomic E-state index is 11.8. The van der Waals surface area contributed by atoms with Crippen LogP contribution < -0.4 is 20.1 Å². The zero-order chi connectivity index (χ0) is 17.9. The molecule has 0 bridgehead atoms. The summed E-state index contributed by atoms with van der Waals surface area (Å²) in [6.07, 6.45) is 2.56. The number of amides is 1. The maximum atomic E-state index is 11.8. The first kappa shape index (κ1) is 17.5. The highest BCUT2D eigenvalue weighted by Gasteiger charge is 2.19. The lowest BCUT2D eigenvalue weighted by molar-refractivity contribution is 0.0997. The van der Waals surface area contributed by atoms with Crippen LogP contribution in [0.5, 0.6) is 5.88 Å². The van der Waals surface area contributed by atoms with E-state index in [-0.39, 0.29) is 11.4 Å². The van der Waals surface area contributed by atoms with Gasteiger partial charge in [-0.2, -0.15) is 0 Å². The highest BCUT2D eigenvalue weighted by molar-refractivity contribution is 7.92. The number of hydrogen-bond acceptors (Lipinski definition) is 6. The second kappa shape index (κ2) is 6.75. The molecule has 0 fully saturated rings. The van der Waals surface area contributed by atoms with Crippen LogP contribution in [0, 0.1) is 0 Å². The van der Waals surface area contributed by atoms with E-state index in [9.17, 15) is 13.2 Å². The van der Waals surface area contributed by atoms with Crippen LogP contribution in [-0.4, -0.2) is 39.7 Å². The Kier molecular flexibility index (Phi) is 4.93. The van der Waals surface area contributed by atoms with Gasteiger partial charge < -0.3 is 15.8 Å². The quantitative estimate of drug-likeness (QED) is 0.812. The van der Waals surface area contributed by atoms with E-state index in [1.165, 1.54) is 20.4 Å². The summed E-state index contributed by atoms with van der Waals surface area (Å²) in [4.78, 5) is 15.7. The van der Waals surface area contributed by atoms with Gasteiger partial charge in [-0.05, 0) is 18.2 Å². The maximum Gasteiger partial charge on any atom is 0.256 e. The van der Waals surface area contributed by atoms with Crippen LogP contribution in [0.25, 0.3) is 0 Å². The van der Waals surface area contributed by atoms with Crippen LogP contribution in [0.2, 0.25) is 0 Å². The third kappa shape index (κ3) is 3.57. The molecule has 24 heavy (non-hydrogen) atoms. The van der Waals surface area contributed by atoms with Gasteiger partial charge in [0.2, 0.25) is 15.9 Å². The summed E-state index contributed by atoms with van der Waals surface area (Å²) in [6, 6.07) is 8.34. The summed E-state index contributed by atoms with van der Waals surface area (Å²) in [5.74, 6) is -0.627. The van der Waals surface area contributed by atoms with Crippen molar-refractivity contribution in [1.82, 2.24) is 4.98 Å². The zero-order valence-electron chi connectivity index (χ0n) is 13.5. The number of carbonyl (C=O) groups excluding carboxylic acids is 1. The molecular weight excluding hydrogens is 332 g/mol. The van der Waals surface area contributed by atoms with E-state index in [4.69, 9.17) is 10.5 Å². The van der Waals surface area contributed by atoms with Crippen molar-refractivity contribution in [2.45, 2.75) is 0 Å². The Hall–Kier alpha value is -2.81. The van der Waals surface area contributed by atoms with E-state index in [2.05, 4.69) is 10.3 Å². The Labute approximate surface area is 140 Å². The van der Waals surface area contributed by atoms with Gasteiger partial charge in [-0.25, -0.2) is 13.4 Å². The van der Waals surface area contributed by atoms with Gasteiger partial charge in [0.15, 0.2) is 0 Å². The minimum Gasteiger partial charge on any atom is -0.480 e. The van der Waals surface area contributed by atoms with Crippen molar-refractivity contribution in [2.75, 3.05) is 30.0 Å². The molecule has 128 valence electrons. The number of hydrogen-bond donors (Lipinski definition) is 2. The number of anilines is 3. The molecule has 9 heteroatoms. The summed E-state index contributed by atoms with van der Waals surface area (Å²) in [6.45, 7) is 0. The molecule has 0 aliphatic heterocycles. The number of nitrogens with one attached hydrogen (secondary N) is 1. The van der Waals surface area contributed by atoms with Crippen molar-refractivity contribution in [2.24, 2.45) is 5.73 Å². The van der Waals surface area contributed by atoms with Crippen molar-refractivity contribution in [3.8, 4) is 5.88 Å². The molecule has 0 atom stereocenters. The van der Waals surface area contributed by atoms with Crippen LogP contribution in [0.3, 0.4) is 0 Å². The highest BCUT2D eigenvalue weighted by Crippen LogP contribution is 2.32. The van der Waals surface area contributed by atoms with Crippen molar-refractivity contribution >= 4 is 33.0 Å². The molecule has 3 N–H and O–H groups in total. The monoisotopic (exact) mass is 350 g/mol. The van der Waals surface area contributed by atoms with E-state index >= 15 is 0 Å². The van der Waals surface area contributed by atoms with Gasteiger partial charge in [0.05, 0.1) is 30.4 Å². The summed E-state index contributed by atoms with van der Waals surface area (Å²) in [5, 5.41) is 3.02. The minimum absolute atomic E-state index is 0.0804. The number of nitrogens with two attached hydrogens (primary N) is 1. The fraction of sp³-hybridized carbons (Fsp3) is 0.200. The first-order chi connectivity index (χ1) is 11.3. The number of primary amides is 1. The molecule has 0 aliphatic carbocycles. The van der Waals surface area contributed by atoms with E-state index in [1.54, 1.807) is 30.3 Å². The number of aromatic nitrogens is 1. The highest BCUT2D eigenvalue weighted by atomic mass is 32.2. The molecule has 0 saturated carbocycles. The first-order valence-electron chi connectivity index (χ1n) is 6.88. The van der Waals surface area contributed by atoms with Gasteiger partial charge in [0.1, 0.15) is 5.56 Å². The van der Waals surface area contributed by atoms with Gasteiger partial charge in [-0.15, -0.1) is 0 Å². The van der Waals surface area contributed by atoms with Crippen molar-refractivity contribution < 1.29 is 17.9 Å². The number of carbonyl (C=O) groups is 1. The number of para-hydroxylation sites is 2. The van der Waals surface area contributed by atoms with Crippen LogP contribution in [0.1, 0.15) is 10.4 Å². The number of methoxy groups -OCH3 is 1. The average molecular weight is 350 g/mol. The SMILES string of the molecule is COc1nccc(Nc2ccccc2N(C)S(C)(=O)=O)c1C(N)=O. The molecule has 0 spiro atoms. The Morgan fingerprint density at radius 3 is 2.50 bits per heavy atom. The van der Waals surface area contributed by atoms with E-state index in [0.29, 0.717) is 17.1 Å². The standard InChI is InChI=1S/C15H18N4O4S/c1-19(24(3,21)22)12-7-5-4-6-10(12)18-11-8-9-17-15(23-2)13(11)14(16)20/h4-9H,1-3H3,(H2,16,20)(H,17,18). The minimum atomic E-state index is -3.45. The molecule has 2 rings (SSSR count). The smallest absolute Gasteiger partial charge is 0.256 e. The summed E-state index contributed by atoms with van der Waals surface area (Å²) in [5.41, 5.74) is 6.76. The number of nitrogens with zero attached hydrogens (tertiary/aromatic N) is 2. The predicted octanol–water partition coefficient (Wildman–Crippen LogP) is 1.33. The van der Waals surface area contributed by atoms with Crippen molar-refractivity contribution in [3.63, 3.8) is 0 Å². The van der Waals surface area contributed by atoms with Gasteiger partial charge in [0, 0.05) is 13.2 Å². The van der Waals surface area contributed by atoms with Crippen LogP contribution in [-0.2, 0) is 10.0 Å². The molecule has 0 unspecified atom stereocenters. The molecule has 0 saturated heterocycles. The van der Waals surface area contributed by atoms with Crippen molar-refractivity contribution in [1.29, 1.82) is 0 Å². The van der Waals surface area contributed by atoms with E-state index in [1.807, 2.05) is 0 Å². The van der Waals surface area contributed by atoms with Gasteiger partial charge in [0.25, 0.3) is 5.91 Å². The lowest BCUT2D eigenvalue weighted by Gasteiger charge is -2.21. The molecule has 8 nitrogen and oxygen atoms in total. The number of benzene rings is 1. The second-order valence-corrected chi connectivity index (χ2v) is 6.99. The Bertz CT molecular complexity index is 868. The number of pyridine rings is 1. The number of rotatable bonds is 6. The summed E-state index contributed by atoms with van der Waals surface area (Å²) in [7, 11) is -0.624. The van der Waals surface area contributed by atoms with Gasteiger partial charge >= 0.3 is 0 Å². The molecule has 1 heterocycles. The largest absolute Gasteiger partial charge is 0.480 e. The molecule has 0 radical (unpaired) electrons. The summed E-state index contributed by atoms with van der Waals surface area (Å²) >= 11 is 0. The molecule has 2 aromatic rings. The Morgan fingerprint density at radius 1 is 1.25 bits per heavy atom. The fourth-order valence-electron chi connectivity index (χ4n) is 2.12. The second-order valence-electron chi connectivity index (χ2n) is 4.98. The molecule has 1 amide bonds. The zero-order valence-corrected chi connectivity index (χ0v) is 14.3. The third-order valence-corrected chi connectivity index (χ3v) is 4.56. The summed E-state index contributed by atoms with van der Waals surface area (Å²) < 4.78 is 29.8. The topological polar surface area (TPSA) is 115 Å². The molecule has 0 aliphatic rings. The molecule has 1 aromatic carbocycles. The van der Waals surface area contributed by atoms with Gasteiger partial charge in [-0.1, -0.05) is 12.1 Å². The molecular formula is C15H18N4O4S.